The zero-order chi connectivity index (χ0) is 18.3. The van der Waals surface area contributed by atoms with Gasteiger partial charge in [0.15, 0.2) is 0 Å². The van der Waals surface area contributed by atoms with E-state index in [4.69, 9.17) is 11.6 Å². The summed E-state index contributed by atoms with van der Waals surface area (Å²) in [5.74, 6) is 1.40. The molecule has 4 nitrogen and oxygen atoms in total. The Balaban J connectivity index is 1.35. The van der Waals surface area contributed by atoms with Crippen LogP contribution in [-0.4, -0.2) is 33.3 Å². The second-order valence-corrected chi connectivity index (χ2v) is 9.82. The molecule has 1 aromatic carbocycles. The van der Waals surface area contributed by atoms with Crippen molar-refractivity contribution in [1.82, 2.24) is 9.62 Å². The van der Waals surface area contributed by atoms with Crippen LogP contribution in [-0.2, 0) is 29.6 Å². The Bertz CT molecular complexity index is 813. The van der Waals surface area contributed by atoms with Crippen molar-refractivity contribution < 1.29 is 8.76 Å². The molecule has 26 heavy (non-hydrogen) atoms. The van der Waals surface area contributed by atoms with Crippen LogP contribution in [0.4, 0.5) is 0 Å². The van der Waals surface area contributed by atoms with E-state index >= 15 is 0 Å². The largest absolute Gasteiger partial charge is 0.760 e. The number of thiophene rings is 1. The molecule has 1 aromatic heterocycles. The maximum Gasteiger partial charge on any atom is 0.0931 e. The third-order valence-electron chi connectivity index (χ3n) is 6.11. The van der Waals surface area contributed by atoms with Crippen LogP contribution in [0.15, 0.2) is 35.7 Å². The van der Waals surface area contributed by atoms with Crippen molar-refractivity contribution in [2.24, 2.45) is 11.8 Å². The molecule has 3 atom stereocenters. The van der Waals surface area contributed by atoms with Gasteiger partial charge in [0.1, 0.15) is 0 Å². The molecule has 2 heterocycles. The Kier molecular flexibility index (Phi) is 5.25. The lowest BCUT2D eigenvalue weighted by Crippen LogP contribution is -2.30. The number of nitrogens with one attached hydrogen (secondary N) is 1. The number of rotatable bonds is 7. The summed E-state index contributed by atoms with van der Waals surface area (Å²) in [5.41, 5.74) is 3.92. The zero-order valence-electron chi connectivity index (χ0n) is 14.6. The van der Waals surface area contributed by atoms with Gasteiger partial charge in [0, 0.05) is 42.9 Å². The second kappa shape index (κ2) is 7.34. The summed E-state index contributed by atoms with van der Waals surface area (Å²) in [4.78, 5) is 2.56. The fraction of sp³-hybridized carbons (Fsp3) is 0.474. The molecule has 1 N–H and O–H groups in total. The average Bonchev–Trinajstić information content (AvgIpc) is 3.02. The summed E-state index contributed by atoms with van der Waals surface area (Å²) >= 11 is 5.39. The molecule has 0 bridgehead atoms. The quantitative estimate of drug-likeness (QED) is 0.713. The third kappa shape index (κ3) is 3.63. The summed E-state index contributed by atoms with van der Waals surface area (Å²) in [6, 6.07) is 10.4. The Morgan fingerprint density at radius 3 is 2.77 bits per heavy atom. The van der Waals surface area contributed by atoms with Gasteiger partial charge in [-0.05, 0) is 46.4 Å². The molecular weight excluding hydrogens is 388 g/mol. The summed E-state index contributed by atoms with van der Waals surface area (Å²) < 4.78 is 24.7. The highest BCUT2D eigenvalue weighted by atomic mass is 35.5. The zero-order valence-corrected chi connectivity index (χ0v) is 17.0. The van der Waals surface area contributed by atoms with E-state index in [1.54, 1.807) is 11.3 Å². The van der Waals surface area contributed by atoms with Crippen molar-refractivity contribution in [3.63, 3.8) is 0 Å². The van der Waals surface area contributed by atoms with Crippen LogP contribution < -0.4 is 4.72 Å². The minimum atomic E-state index is -2.22. The highest BCUT2D eigenvalue weighted by Crippen LogP contribution is 2.63. The number of nitrogens with zero attached hydrogens (tertiary/aromatic N) is 1. The topological polar surface area (TPSA) is 55.4 Å². The van der Waals surface area contributed by atoms with Crippen molar-refractivity contribution >= 4 is 34.2 Å². The minimum Gasteiger partial charge on any atom is -0.760 e. The first-order valence-electron chi connectivity index (χ1n) is 8.84. The monoisotopic (exact) mass is 409 g/mol. The fourth-order valence-electron chi connectivity index (χ4n) is 4.50. The predicted octanol–water partition coefficient (Wildman–Crippen LogP) is 3.35. The number of fused-ring (bicyclic) bond motifs is 1. The van der Waals surface area contributed by atoms with Crippen molar-refractivity contribution in [2.75, 3.05) is 19.6 Å². The van der Waals surface area contributed by atoms with Gasteiger partial charge in [0.2, 0.25) is 0 Å². The van der Waals surface area contributed by atoms with Crippen LogP contribution in [0.25, 0.3) is 0 Å². The first-order valence-corrected chi connectivity index (χ1v) is 11.2. The lowest BCUT2D eigenvalue weighted by Gasteiger charge is -2.24. The standard InChI is InChI=1S/C19H23ClN2O2S2/c1-19(15-4-2-3-13(7-15)9-21-26(23)24)16-10-22(11-17(16)19)6-5-14-8-18(20)25-12-14/h2-4,7-8,12,16-17,21H,5-6,9-11H2,1H3,(H,23,24)/p-1. The number of halogens is 1. The van der Waals surface area contributed by atoms with Crippen LogP contribution in [0.1, 0.15) is 23.6 Å². The van der Waals surface area contributed by atoms with Crippen molar-refractivity contribution in [3.8, 4) is 0 Å². The molecule has 3 unspecified atom stereocenters. The lowest BCUT2D eigenvalue weighted by atomic mass is 9.91. The highest BCUT2D eigenvalue weighted by molar-refractivity contribution is 7.77. The molecule has 0 radical (unpaired) electrons. The van der Waals surface area contributed by atoms with E-state index in [2.05, 4.69) is 40.1 Å². The molecule has 0 amide bonds. The molecule has 1 aliphatic heterocycles. The lowest BCUT2D eigenvalue weighted by molar-refractivity contribution is 0.281. The highest BCUT2D eigenvalue weighted by Gasteiger charge is 2.65. The second-order valence-electron chi connectivity index (χ2n) is 7.52. The van der Waals surface area contributed by atoms with Gasteiger partial charge in [-0.25, -0.2) is 4.72 Å². The Morgan fingerprint density at radius 1 is 1.35 bits per heavy atom. The van der Waals surface area contributed by atoms with E-state index in [-0.39, 0.29) is 5.41 Å². The molecule has 1 aliphatic carbocycles. The Morgan fingerprint density at radius 2 is 2.12 bits per heavy atom. The minimum absolute atomic E-state index is 0.231. The SMILES string of the molecule is CC1(c2cccc(CNS(=O)[O-])c2)C2CN(CCc3csc(Cl)c3)CC21. The summed E-state index contributed by atoms with van der Waals surface area (Å²) in [7, 11) is 0. The number of piperidine rings is 1. The number of likely N-dealkylation sites (tertiary alicyclic amines) is 1. The molecule has 4 rings (SSSR count). The molecule has 2 fully saturated rings. The summed E-state index contributed by atoms with van der Waals surface area (Å²) in [5, 5.41) is 2.15. The van der Waals surface area contributed by atoms with Crippen LogP contribution in [0.5, 0.6) is 0 Å². The van der Waals surface area contributed by atoms with Crippen molar-refractivity contribution in [1.29, 1.82) is 0 Å². The van der Waals surface area contributed by atoms with E-state index in [1.807, 2.05) is 12.1 Å². The van der Waals surface area contributed by atoms with E-state index < -0.39 is 11.3 Å². The third-order valence-corrected chi connectivity index (χ3v) is 7.63. The molecule has 2 aromatic rings. The van der Waals surface area contributed by atoms with Gasteiger partial charge in [-0.1, -0.05) is 42.8 Å². The first kappa shape index (κ1) is 18.6. The van der Waals surface area contributed by atoms with Crippen molar-refractivity contribution in [3.05, 3.63) is 56.7 Å². The number of hydrogen-bond donors (Lipinski definition) is 1. The van der Waals surface area contributed by atoms with Gasteiger partial charge in [0.05, 0.1) is 4.34 Å². The molecular formula is C19H22ClN2O2S2-. The van der Waals surface area contributed by atoms with Gasteiger partial charge >= 0.3 is 0 Å². The smallest absolute Gasteiger partial charge is 0.0931 e. The molecule has 1 saturated carbocycles. The van der Waals surface area contributed by atoms with Gasteiger partial charge in [0.25, 0.3) is 0 Å². The Hall–Kier alpha value is -0.760. The maximum absolute atomic E-state index is 10.7. The molecule has 140 valence electrons. The van der Waals surface area contributed by atoms with E-state index in [1.165, 1.54) is 11.1 Å². The molecule has 7 heteroatoms. The summed E-state index contributed by atoms with van der Waals surface area (Å²) in [6.07, 6.45) is 1.06. The van der Waals surface area contributed by atoms with Crippen LogP contribution in [0.2, 0.25) is 4.34 Å². The number of hydrogen-bond acceptors (Lipinski definition) is 4. The summed E-state index contributed by atoms with van der Waals surface area (Å²) in [6.45, 7) is 6.09. The number of benzene rings is 1. The molecule has 2 aliphatic rings. The molecule has 0 spiro atoms. The van der Waals surface area contributed by atoms with E-state index in [0.717, 1.165) is 36.0 Å². The van der Waals surface area contributed by atoms with Crippen LogP contribution >= 0.6 is 22.9 Å². The Labute approximate surface area is 166 Å². The van der Waals surface area contributed by atoms with Gasteiger partial charge in [-0.2, -0.15) is 0 Å². The molecule has 1 saturated heterocycles. The predicted molar refractivity (Wildman–Crippen MR) is 106 cm³/mol. The van der Waals surface area contributed by atoms with Crippen molar-refractivity contribution in [2.45, 2.75) is 25.3 Å². The van der Waals surface area contributed by atoms with Crippen LogP contribution in [0.3, 0.4) is 0 Å². The average molecular weight is 410 g/mol. The van der Waals surface area contributed by atoms with E-state index in [0.29, 0.717) is 18.4 Å². The van der Waals surface area contributed by atoms with Gasteiger partial charge in [-0.15, -0.1) is 11.3 Å². The normalized spacial score (nSPS) is 28.9. The van der Waals surface area contributed by atoms with E-state index in [9.17, 15) is 8.76 Å². The fourth-order valence-corrected chi connectivity index (χ4v) is 5.72. The van der Waals surface area contributed by atoms with Gasteiger partial charge in [-0.3, -0.25) is 4.21 Å². The van der Waals surface area contributed by atoms with Crippen LogP contribution in [0, 0.1) is 11.8 Å². The first-order chi connectivity index (χ1) is 12.5. The van der Waals surface area contributed by atoms with Gasteiger partial charge < -0.3 is 9.45 Å². The maximum atomic E-state index is 10.7.